The maximum absolute atomic E-state index is 13.6. The van der Waals surface area contributed by atoms with Crippen LogP contribution in [-0.2, 0) is 22.7 Å². The van der Waals surface area contributed by atoms with E-state index in [0.29, 0.717) is 34.0 Å². The van der Waals surface area contributed by atoms with Crippen LogP contribution in [0.5, 0.6) is 0 Å². The number of unbranched alkanes of at least 4 members (excludes halogenated alkanes) is 2. The summed E-state index contributed by atoms with van der Waals surface area (Å²) < 4.78 is 39.3. The number of hydrogen-bond donors (Lipinski definition) is 0. The normalized spacial score (nSPS) is 12.0. The number of fused-ring (bicyclic) bond motifs is 2. The Morgan fingerprint density at radius 1 is 0.610 bits per heavy atom. The Labute approximate surface area is 240 Å². The molecule has 0 bridgehead atoms. The molecule has 0 saturated carbocycles. The van der Waals surface area contributed by atoms with E-state index in [2.05, 4.69) is 48.1 Å². The molecule has 2 heterocycles. The molecular formula is C34H32N2O4S. The van der Waals surface area contributed by atoms with Crippen LogP contribution in [0.25, 0.3) is 45.1 Å². The van der Waals surface area contributed by atoms with Gasteiger partial charge in [0.15, 0.2) is 11.2 Å². The highest BCUT2D eigenvalue weighted by Gasteiger charge is 2.21. The van der Waals surface area contributed by atoms with Crippen molar-refractivity contribution in [2.24, 2.45) is 0 Å². The highest BCUT2D eigenvalue weighted by molar-refractivity contribution is 7.91. The molecule has 0 aliphatic rings. The molecule has 0 fully saturated rings. The summed E-state index contributed by atoms with van der Waals surface area (Å²) in [6.07, 6.45) is 6.48. The second-order valence-electron chi connectivity index (χ2n) is 10.4. The largest absolute Gasteiger partial charge is 0.436 e. The topological polar surface area (TPSA) is 86.2 Å². The summed E-state index contributed by atoms with van der Waals surface area (Å²) in [6.45, 7) is 4.34. The number of nitrogens with zero attached hydrogens (tertiary/aromatic N) is 2. The van der Waals surface area contributed by atoms with Crippen LogP contribution in [0.15, 0.2) is 104 Å². The molecule has 0 amide bonds. The van der Waals surface area contributed by atoms with Gasteiger partial charge in [-0.2, -0.15) is 0 Å². The molecular weight excluding hydrogens is 532 g/mol. The molecule has 6 aromatic rings. The lowest BCUT2D eigenvalue weighted by molar-refractivity contribution is 0.596. The molecule has 0 atom stereocenters. The van der Waals surface area contributed by atoms with E-state index in [0.717, 1.165) is 49.7 Å². The van der Waals surface area contributed by atoms with Gasteiger partial charge >= 0.3 is 0 Å². The Hall–Kier alpha value is -4.23. The van der Waals surface area contributed by atoms with Crippen molar-refractivity contribution in [3.8, 4) is 22.9 Å². The second kappa shape index (κ2) is 11.3. The Bertz CT molecular complexity index is 1820. The molecule has 0 N–H and O–H groups in total. The van der Waals surface area contributed by atoms with Crippen molar-refractivity contribution in [3.63, 3.8) is 0 Å². The number of hydrogen-bond acceptors (Lipinski definition) is 6. The Balaban J connectivity index is 1.30. The third-order valence-electron chi connectivity index (χ3n) is 7.32. The fraction of sp³-hybridized carbons (Fsp3) is 0.235. The summed E-state index contributed by atoms with van der Waals surface area (Å²) in [4.78, 5) is 9.55. The van der Waals surface area contributed by atoms with Gasteiger partial charge in [-0.25, -0.2) is 18.4 Å². The molecule has 6 nitrogen and oxygen atoms in total. The third-order valence-corrected chi connectivity index (χ3v) is 9.07. The van der Waals surface area contributed by atoms with Gasteiger partial charge in [-0.15, -0.1) is 0 Å². The highest BCUT2D eigenvalue weighted by Crippen LogP contribution is 2.32. The minimum atomic E-state index is -3.83. The van der Waals surface area contributed by atoms with Crippen molar-refractivity contribution in [1.82, 2.24) is 9.97 Å². The Morgan fingerprint density at radius 3 is 1.51 bits per heavy atom. The average Bonchev–Trinajstić information content (AvgIpc) is 3.63. The lowest BCUT2D eigenvalue weighted by Crippen LogP contribution is -2.01. The van der Waals surface area contributed by atoms with Gasteiger partial charge in [-0.1, -0.05) is 51.0 Å². The van der Waals surface area contributed by atoms with Crippen molar-refractivity contribution in [2.45, 2.75) is 62.2 Å². The van der Waals surface area contributed by atoms with Crippen LogP contribution in [-0.4, -0.2) is 18.4 Å². The zero-order chi connectivity index (χ0) is 28.4. The van der Waals surface area contributed by atoms with E-state index in [1.54, 1.807) is 36.4 Å². The molecule has 208 valence electrons. The van der Waals surface area contributed by atoms with Crippen LogP contribution < -0.4 is 0 Å². The molecule has 4 aromatic carbocycles. The van der Waals surface area contributed by atoms with Gasteiger partial charge in [-0.05, 0) is 97.5 Å². The molecule has 0 unspecified atom stereocenters. The van der Waals surface area contributed by atoms with E-state index in [-0.39, 0.29) is 9.79 Å². The molecule has 0 spiro atoms. The van der Waals surface area contributed by atoms with Crippen LogP contribution in [0.4, 0.5) is 0 Å². The van der Waals surface area contributed by atoms with Gasteiger partial charge in [-0.3, -0.25) is 0 Å². The first-order valence-electron chi connectivity index (χ1n) is 14.2. The first-order chi connectivity index (χ1) is 19.9. The lowest BCUT2D eigenvalue weighted by Gasteiger charge is -2.04. The van der Waals surface area contributed by atoms with E-state index >= 15 is 0 Å². The Kier molecular flexibility index (Phi) is 7.45. The molecule has 7 heteroatoms. The fourth-order valence-corrected chi connectivity index (χ4v) is 6.31. The van der Waals surface area contributed by atoms with Gasteiger partial charge < -0.3 is 8.83 Å². The number of benzene rings is 4. The molecule has 0 radical (unpaired) electrons. The van der Waals surface area contributed by atoms with Crippen LogP contribution in [0.1, 0.15) is 50.7 Å². The highest BCUT2D eigenvalue weighted by atomic mass is 32.2. The smallest absolute Gasteiger partial charge is 0.227 e. The minimum Gasteiger partial charge on any atom is -0.436 e. The zero-order valence-electron chi connectivity index (χ0n) is 23.3. The molecule has 2 aromatic heterocycles. The van der Waals surface area contributed by atoms with E-state index in [4.69, 9.17) is 8.83 Å². The number of sulfone groups is 1. The number of oxazole rings is 2. The van der Waals surface area contributed by atoms with E-state index in [1.165, 1.54) is 11.1 Å². The summed E-state index contributed by atoms with van der Waals surface area (Å²) in [6, 6.07) is 25.9. The van der Waals surface area contributed by atoms with Gasteiger partial charge in [0.2, 0.25) is 21.6 Å². The Morgan fingerprint density at radius 2 is 1.07 bits per heavy atom. The molecule has 0 saturated heterocycles. The standard InChI is InChI=1S/C34H32N2O4S/c1-3-5-9-23-11-7-13-25(19-23)33-35-29-21-27(15-17-31(29)39-33)41(37,38)28-16-18-32-30(22-28)36-34(40-32)26-14-8-12-24(20-26)10-6-4-2/h7-8,11-22H,3-6,9-10H2,1-2H3. The average molecular weight is 565 g/mol. The van der Waals surface area contributed by atoms with Crippen LogP contribution >= 0.6 is 0 Å². The molecule has 0 aliphatic heterocycles. The number of aromatic nitrogens is 2. The lowest BCUT2D eigenvalue weighted by atomic mass is 10.1. The van der Waals surface area contributed by atoms with Gasteiger partial charge in [0.05, 0.1) is 9.79 Å². The van der Waals surface area contributed by atoms with Crippen molar-refractivity contribution < 1.29 is 17.3 Å². The van der Waals surface area contributed by atoms with Crippen molar-refractivity contribution in [1.29, 1.82) is 0 Å². The zero-order valence-corrected chi connectivity index (χ0v) is 24.1. The van der Waals surface area contributed by atoms with Crippen molar-refractivity contribution >= 4 is 32.0 Å². The van der Waals surface area contributed by atoms with Crippen molar-refractivity contribution in [2.75, 3.05) is 0 Å². The van der Waals surface area contributed by atoms with Crippen LogP contribution in [0.3, 0.4) is 0 Å². The van der Waals surface area contributed by atoms with Crippen molar-refractivity contribution in [3.05, 3.63) is 96.1 Å². The van der Waals surface area contributed by atoms with E-state index in [1.807, 2.05) is 24.3 Å². The molecule has 6 rings (SSSR count). The summed E-state index contributed by atoms with van der Waals surface area (Å²) in [5.41, 5.74) is 6.27. The predicted octanol–water partition coefficient (Wildman–Crippen LogP) is 8.82. The fourth-order valence-electron chi connectivity index (χ4n) is 5.01. The summed E-state index contributed by atoms with van der Waals surface area (Å²) in [5, 5.41) is 0. The van der Waals surface area contributed by atoms with Gasteiger partial charge in [0.1, 0.15) is 11.0 Å². The maximum atomic E-state index is 13.6. The third kappa shape index (κ3) is 5.55. The summed E-state index contributed by atoms with van der Waals surface area (Å²) in [5.74, 6) is 0.950. The van der Waals surface area contributed by atoms with Crippen LogP contribution in [0, 0.1) is 0 Å². The van der Waals surface area contributed by atoms with Gasteiger partial charge in [0, 0.05) is 11.1 Å². The van der Waals surface area contributed by atoms with Crippen LogP contribution in [0.2, 0.25) is 0 Å². The monoisotopic (exact) mass is 564 g/mol. The predicted molar refractivity (Wildman–Crippen MR) is 162 cm³/mol. The summed E-state index contributed by atoms with van der Waals surface area (Å²) >= 11 is 0. The first kappa shape index (κ1) is 27.0. The molecule has 41 heavy (non-hydrogen) atoms. The number of aryl methyl sites for hydroxylation is 2. The van der Waals surface area contributed by atoms with E-state index < -0.39 is 9.84 Å². The second-order valence-corrected chi connectivity index (χ2v) is 12.4. The van der Waals surface area contributed by atoms with Gasteiger partial charge in [0.25, 0.3) is 0 Å². The quantitative estimate of drug-likeness (QED) is 0.165. The maximum Gasteiger partial charge on any atom is 0.227 e. The van der Waals surface area contributed by atoms with E-state index in [9.17, 15) is 8.42 Å². The summed E-state index contributed by atoms with van der Waals surface area (Å²) in [7, 11) is -3.83. The number of rotatable bonds is 10. The SMILES string of the molecule is CCCCc1cccc(-c2nc3cc(S(=O)(=O)c4ccc5oc(-c6cccc(CCCC)c6)nc5c4)ccc3o2)c1. The first-order valence-corrected chi connectivity index (χ1v) is 15.7. The molecule has 0 aliphatic carbocycles. The minimum absolute atomic E-state index is 0.147.